The van der Waals surface area contributed by atoms with Gasteiger partial charge in [0, 0.05) is 18.2 Å². The first kappa shape index (κ1) is 16.4. The van der Waals surface area contributed by atoms with Crippen LogP contribution < -0.4 is 10.2 Å². The number of nitrogens with zero attached hydrogens (tertiary/aromatic N) is 2. The standard InChI is InChI=1S/C18H16BrN3O2/c1-22-14-10-6-5-9-13(14)16(12-7-3-2-4-8-12)21-17(18(22)24)20-15(23)11-19/h2-10,17H,11H2,1H3,(H,20,23). The Morgan fingerprint density at radius 3 is 2.54 bits per heavy atom. The van der Waals surface area contributed by atoms with Crippen LogP contribution in [0.2, 0.25) is 0 Å². The number of amides is 2. The van der Waals surface area contributed by atoms with Crippen molar-refractivity contribution in [3.05, 3.63) is 65.7 Å². The van der Waals surface area contributed by atoms with Gasteiger partial charge in [0.1, 0.15) is 0 Å². The van der Waals surface area contributed by atoms with Crippen molar-refractivity contribution in [1.29, 1.82) is 0 Å². The van der Waals surface area contributed by atoms with Gasteiger partial charge in [-0.2, -0.15) is 0 Å². The van der Waals surface area contributed by atoms with E-state index >= 15 is 0 Å². The van der Waals surface area contributed by atoms with Crippen molar-refractivity contribution in [2.45, 2.75) is 6.17 Å². The molecule has 1 atom stereocenters. The third kappa shape index (κ3) is 3.10. The minimum atomic E-state index is -0.956. The van der Waals surface area contributed by atoms with Gasteiger partial charge in [-0.25, -0.2) is 4.99 Å². The maximum Gasteiger partial charge on any atom is 0.272 e. The number of benzene rings is 2. The fraction of sp³-hybridized carbons (Fsp3) is 0.167. The van der Waals surface area contributed by atoms with Crippen LogP contribution in [0.25, 0.3) is 0 Å². The molecule has 2 aromatic rings. The molecule has 0 radical (unpaired) electrons. The fourth-order valence-electron chi connectivity index (χ4n) is 2.63. The molecule has 2 amide bonds. The summed E-state index contributed by atoms with van der Waals surface area (Å²) in [5.74, 6) is -0.563. The summed E-state index contributed by atoms with van der Waals surface area (Å²) in [4.78, 5) is 30.6. The number of anilines is 1. The molecule has 1 N–H and O–H groups in total. The Balaban J connectivity index is 2.16. The molecule has 0 fully saturated rings. The van der Waals surface area contributed by atoms with Gasteiger partial charge in [0.05, 0.1) is 16.7 Å². The molecule has 1 unspecified atom stereocenters. The molecule has 2 aromatic carbocycles. The molecule has 0 bridgehead atoms. The van der Waals surface area contributed by atoms with E-state index < -0.39 is 6.17 Å². The van der Waals surface area contributed by atoms with Crippen molar-refractivity contribution in [2.24, 2.45) is 4.99 Å². The summed E-state index contributed by atoms with van der Waals surface area (Å²) < 4.78 is 0. The first-order chi connectivity index (χ1) is 11.6. The number of carbonyl (C=O) groups excluding carboxylic acids is 2. The van der Waals surface area contributed by atoms with Crippen LogP contribution in [0.1, 0.15) is 11.1 Å². The van der Waals surface area contributed by atoms with Crippen molar-refractivity contribution in [3.8, 4) is 0 Å². The van der Waals surface area contributed by atoms with Crippen molar-refractivity contribution < 1.29 is 9.59 Å². The van der Waals surface area contributed by atoms with Crippen molar-refractivity contribution in [1.82, 2.24) is 5.32 Å². The Bertz CT molecular complexity index is 805. The van der Waals surface area contributed by atoms with Gasteiger partial charge in [-0.3, -0.25) is 9.59 Å². The number of fused-ring (bicyclic) bond motifs is 1. The van der Waals surface area contributed by atoms with Crippen LogP contribution in [0.4, 0.5) is 5.69 Å². The number of carbonyl (C=O) groups is 2. The lowest BCUT2D eigenvalue weighted by Crippen LogP contribution is -2.46. The Morgan fingerprint density at radius 2 is 1.83 bits per heavy atom. The molecule has 0 saturated carbocycles. The SMILES string of the molecule is CN1C(=O)C(NC(=O)CBr)N=C(c2ccccc2)c2ccccc21. The fourth-order valence-corrected chi connectivity index (χ4v) is 2.80. The number of rotatable bonds is 3. The Labute approximate surface area is 148 Å². The van der Waals surface area contributed by atoms with E-state index in [1.54, 1.807) is 7.05 Å². The second kappa shape index (κ2) is 6.97. The number of halogens is 1. The number of hydrogen-bond donors (Lipinski definition) is 1. The number of hydrogen-bond acceptors (Lipinski definition) is 3. The van der Waals surface area contributed by atoms with E-state index in [0.717, 1.165) is 16.8 Å². The quantitative estimate of drug-likeness (QED) is 0.824. The number of aliphatic imine (C=N–C) groups is 1. The molecule has 122 valence electrons. The van der Waals surface area contributed by atoms with E-state index in [4.69, 9.17) is 0 Å². The minimum Gasteiger partial charge on any atom is -0.326 e. The summed E-state index contributed by atoms with van der Waals surface area (Å²) in [6.45, 7) is 0. The van der Waals surface area contributed by atoms with Crippen LogP contribution in [-0.4, -0.2) is 36.1 Å². The van der Waals surface area contributed by atoms with Crippen LogP contribution in [0, 0.1) is 0 Å². The molecule has 24 heavy (non-hydrogen) atoms. The predicted octanol–water partition coefficient (Wildman–Crippen LogP) is 2.34. The van der Waals surface area contributed by atoms with Crippen LogP contribution >= 0.6 is 15.9 Å². The first-order valence-electron chi connectivity index (χ1n) is 7.47. The third-order valence-corrected chi connectivity index (χ3v) is 4.32. The molecule has 1 heterocycles. The highest BCUT2D eigenvalue weighted by Crippen LogP contribution is 2.26. The number of alkyl halides is 1. The summed E-state index contributed by atoms with van der Waals surface area (Å²) in [5, 5.41) is 2.77. The number of likely N-dealkylation sites (N-methyl/N-ethyl adjacent to an activating group) is 1. The minimum absolute atomic E-state index is 0.115. The van der Waals surface area contributed by atoms with E-state index in [1.165, 1.54) is 4.90 Å². The van der Waals surface area contributed by atoms with Gasteiger partial charge in [0.25, 0.3) is 5.91 Å². The van der Waals surface area contributed by atoms with Gasteiger partial charge < -0.3 is 10.2 Å². The Morgan fingerprint density at radius 1 is 1.17 bits per heavy atom. The maximum atomic E-state index is 12.7. The predicted molar refractivity (Wildman–Crippen MR) is 97.7 cm³/mol. The van der Waals surface area contributed by atoms with E-state index in [1.807, 2.05) is 54.6 Å². The van der Waals surface area contributed by atoms with E-state index in [0.29, 0.717) is 5.71 Å². The molecule has 0 aromatic heterocycles. The zero-order valence-electron chi connectivity index (χ0n) is 13.1. The van der Waals surface area contributed by atoms with Crippen molar-refractivity contribution in [2.75, 3.05) is 17.3 Å². The lowest BCUT2D eigenvalue weighted by Gasteiger charge is -2.20. The highest BCUT2D eigenvalue weighted by atomic mass is 79.9. The Kier molecular flexibility index (Phi) is 4.76. The molecule has 1 aliphatic heterocycles. The number of nitrogens with one attached hydrogen (secondary N) is 1. The van der Waals surface area contributed by atoms with E-state index in [2.05, 4.69) is 26.2 Å². The van der Waals surface area contributed by atoms with Gasteiger partial charge in [0.2, 0.25) is 12.1 Å². The van der Waals surface area contributed by atoms with Crippen molar-refractivity contribution in [3.63, 3.8) is 0 Å². The third-order valence-electron chi connectivity index (χ3n) is 3.81. The molecule has 1 aliphatic rings. The van der Waals surface area contributed by atoms with Crippen LogP contribution in [0.15, 0.2) is 59.6 Å². The molecular weight excluding hydrogens is 370 g/mol. The van der Waals surface area contributed by atoms with Crippen LogP contribution in [0.5, 0.6) is 0 Å². The molecule has 6 heteroatoms. The summed E-state index contributed by atoms with van der Waals surface area (Å²) in [7, 11) is 1.69. The highest BCUT2D eigenvalue weighted by molar-refractivity contribution is 9.09. The molecule has 5 nitrogen and oxygen atoms in total. The summed E-state index contributed by atoms with van der Waals surface area (Å²) in [5.41, 5.74) is 3.20. The van der Waals surface area contributed by atoms with Gasteiger partial charge >= 0.3 is 0 Å². The molecule has 0 spiro atoms. The zero-order chi connectivity index (χ0) is 17.1. The molecule has 0 aliphatic carbocycles. The van der Waals surface area contributed by atoms with Gasteiger partial charge in [-0.05, 0) is 6.07 Å². The van der Waals surface area contributed by atoms with E-state index in [-0.39, 0.29) is 17.1 Å². The summed E-state index contributed by atoms with van der Waals surface area (Å²) in [6, 6.07) is 17.2. The molecular formula is C18H16BrN3O2. The lowest BCUT2D eigenvalue weighted by atomic mass is 10.0. The average Bonchev–Trinajstić information content (AvgIpc) is 2.73. The Hall–Kier alpha value is -2.47. The zero-order valence-corrected chi connectivity index (χ0v) is 14.7. The van der Waals surface area contributed by atoms with Crippen LogP contribution in [-0.2, 0) is 9.59 Å². The summed E-state index contributed by atoms with van der Waals surface area (Å²) in [6.07, 6.45) is -0.956. The van der Waals surface area contributed by atoms with Crippen LogP contribution in [0.3, 0.4) is 0 Å². The molecule has 0 saturated heterocycles. The topological polar surface area (TPSA) is 61.8 Å². The second-order valence-electron chi connectivity index (χ2n) is 5.36. The normalized spacial score (nSPS) is 16.9. The first-order valence-corrected chi connectivity index (χ1v) is 8.59. The smallest absolute Gasteiger partial charge is 0.272 e. The molecule has 3 rings (SSSR count). The number of para-hydroxylation sites is 1. The number of benzodiazepines with no additional fused rings is 1. The van der Waals surface area contributed by atoms with Gasteiger partial charge in [-0.15, -0.1) is 0 Å². The second-order valence-corrected chi connectivity index (χ2v) is 5.92. The van der Waals surface area contributed by atoms with Crippen molar-refractivity contribution >= 4 is 39.1 Å². The van der Waals surface area contributed by atoms with Gasteiger partial charge in [0.15, 0.2) is 0 Å². The monoisotopic (exact) mass is 385 g/mol. The van der Waals surface area contributed by atoms with E-state index in [9.17, 15) is 9.59 Å². The maximum absolute atomic E-state index is 12.7. The highest BCUT2D eigenvalue weighted by Gasteiger charge is 2.30. The lowest BCUT2D eigenvalue weighted by molar-refractivity contribution is -0.125. The summed E-state index contributed by atoms with van der Waals surface area (Å²) >= 11 is 3.10. The largest absolute Gasteiger partial charge is 0.326 e. The van der Waals surface area contributed by atoms with Gasteiger partial charge in [-0.1, -0.05) is 64.5 Å². The average molecular weight is 386 g/mol.